The SMILES string of the molecule is Cc1cnn([C@@H](C)[C@@H](C)NCCn2cncn2)c1. The second kappa shape index (κ2) is 5.77. The van der Waals surface area contributed by atoms with Crippen LogP contribution in [0.15, 0.2) is 25.0 Å². The third-order valence-electron chi connectivity index (χ3n) is 3.15. The first kappa shape index (κ1) is 12.8. The van der Waals surface area contributed by atoms with E-state index in [4.69, 9.17) is 0 Å². The molecule has 0 aliphatic carbocycles. The molecule has 0 amide bonds. The van der Waals surface area contributed by atoms with Gasteiger partial charge in [0.05, 0.1) is 18.8 Å². The maximum absolute atomic E-state index is 4.34. The molecule has 0 bridgehead atoms. The van der Waals surface area contributed by atoms with Crippen LogP contribution in [-0.2, 0) is 6.54 Å². The van der Waals surface area contributed by atoms with E-state index in [9.17, 15) is 0 Å². The summed E-state index contributed by atoms with van der Waals surface area (Å²) in [5.74, 6) is 0. The molecule has 2 heterocycles. The van der Waals surface area contributed by atoms with E-state index in [0.29, 0.717) is 12.1 Å². The Morgan fingerprint density at radius 1 is 1.33 bits per heavy atom. The Balaban J connectivity index is 1.79. The lowest BCUT2D eigenvalue weighted by atomic mass is 10.2. The third kappa shape index (κ3) is 3.16. The Hall–Kier alpha value is -1.69. The van der Waals surface area contributed by atoms with Gasteiger partial charge in [-0.15, -0.1) is 0 Å². The van der Waals surface area contributed by atoms with Gasteiger partial charge in [0, 0.05) is 18.8 Å². The van der Waals surface area contributed by atoms with Gasteiger partial charge in [-0.2, -0.15) is 10.2 Å². The first-order chi connectivity index (χ1) is 8.66. The van der Waals surface area contributed by atoms with Crippen LogP contribution in [0.5, 0.6) is 0 Å². The Bertz CT molecular complexity index is 461. The standard InChI is InChI=1S/C12H20N6/c1-10-6-15-18(7-10)12(3)11(2)14-4-5-17-9-13-8-16-17/h6-9,11-12,14H,4-5H2,1-3H3/t11-,12+/m1/s1. The zero-order valence-electron chi connectivity index (χ0n) is 11.1. The molecule has 0 aromatic carbocycles. The molecule has 0 fully saturated rings. The minimum absolute atomic E-state index is 0.328. The van der Waals surface area contributed by atoms with Crippen molar-refractivity contribution in [1.82, 2.24) is 29.9 Å². The summed E-state index contributed by atoms with van der Waals surface area (Å²) < 4.78 is 3.82. The highest BCUT2D eigenvalue weighted by atomic mass is 15.3. The Morgan fingerprint density at radius 3 is 2.78 bits per heavy atom. The van der Waals surface area contributed by atoms with Crippen LogP contribution in [0.1, 0.15) is 25.5 Å². The molecule has 2 atom stereocenters. The van der Waals surface area contributed by atoms with Gasteiger partial charge in [0.25, 0.3) is 0 Å². The van der Waals surface area contributed by atoms with Crippen molar-refractivity contribution >= 4 is 0 Å². The smallest absolute Gasteiger partial charge is 0.137 e. The molecule has 18 heavy (non-hydrogen) atoms. The molecular weight excluding hydrogens is 228 g/mol. The van der Waals surface area contributed by atoms with E-state index in [2.05, 4.69) is 47.5 Å². The lowest BCUT2D eigenvalue weighted by Gasteiger charge is -2.21. The lowest BCUT2D eigenvalue weighted by molar-refractivity contribution is 0.358. The van der Waals surface area contributed by atoms with Gasteiger partial charge >= 0.3 is 0 Å². The zero-order chi connectivity index (χ0) is 13.0. The number of hydrogen-bond donors (Lipinski definition) is 1. The van der Waals surface area contributed by atoms with Gasteiger partial charge in [0.2, 0.25) is 0 Å². The van der Waals surface area contributed by atoms with Crippen LogP contribution < -0.4 is 5.32 Å². The molecule has 0 spiro atoms. The predicted octanol–water partition coefficient (Wildman–Crippen LogP) is 1.02. The number of nitrogens with one attached hydrogen (secondary N) is 1. The van der Waals surface area contributed by atoms with Crippen LogP contribution >= 0.6 is 0 Å². The zero-order valence-corrected chi connectivity index (χ0v) is 11.1. The Kier molecular flexibility index (Phi) is 4.09. The van der Waals surface area contributed by atoms with E-state index in [1.54, 1.807) is 12.7 Å². The van der Waals surface area contributed by atoms with Crippen LogP contribution in [0.2, 0.25) is 0 Å². The van der Waals surface area contributed by atoms with E-state index in [1.807, 2.05) is 15.6 Å². The third-order valence-corrected chi connectivity index (χ3v) is 3.15. The molecule has 2 rings (SSSR count). The van der Waals surface area contributed by atoms with Gasteiger partial charge in [0.15, 0.2) is 0 Å². The molecule has 2 aromatic rings. The summed E-state index contributed by atoms with van der Waals surface area (Å²) in [6.07, 6.45) is 7.24. The van der Waals surface area contributed by atoms with Gasteiger partial charge < -0.3 is 5.32 Å². The van der Waals surface area contributed by atoms with Gasteiger partial charge in [-0.25, -0.2) is 4.98 Å². The summed E-state index contributed by atoms with van der Waals surface area (Å²) in [6, 6.07) is 0.683. The van der Waals surface area contributed by atoms with Crippen molar-refractivity contribution in [2.45, 2.75) is 39.4 Å². The molecule has 98 valence electrons. The molecule has 0 saturated carbocycles. The molecule has 0 saturated heterocycles. The van der Waals surface area contributed by atoms with Crippen molar-refractivity contribution in [3.05, 3.63) is 30.6 Å². The number of hydrogen-bond acceptors (Lipinski definition) is 4. The average molecular weight is 248 g/mol. The summed E-state index contributed by atoms with van der Waals surface area (Å²) in [7, 11) is 0. The maximum atomic E-state index is 4.34. The highest BCUT2D eigenvalue weighted by Gasteiger charge is 2.13. The number of aryl methyl sites for hydroxylation is 1. The minimum atomic E-state index is 0.328. The fourth-order valence-corrected chi connectivity index (χ4v) is 1.81. The quantitative estimate of drug-likeness (QED) is 0.829. The first-order valence-electron chi connectivity index (χ1n) is 6.23. The van der Waals surface area contributed by atoms with E-state index in [-0.39, 0.29) is 0 Å². The van der Waals surface area contributed by atoms with Gasteiger partial charge in [-0.1, -0.05) is 0 Å². The van der Waals surface area contributed by atoms with Gasteiger partial charge in [-0.3, -0.25) is 9.36 Å². The van der Waals surface area contributed by atoms with Crippen molar-refractivity contribution in [3.8, 4) is 0 Å². The van der Waals surface area contributed by atoms with Crippen LogP contribution in [0, 0.1) is 6.92 Å². The second-order valence-electron chi connectivity index (χ2n) is 4.64. The van der Waals surface area contributed by atoms with Gasteiger partial charge in [0.1, 0.15) is 12.7 Å². The van der Waals surface area contributed by atoms with Crippen LogP contribution in [0.25, 0.3) is 0 Å². The van der Waals surface area contributed by atoms with Crippen molar-refractivity contribution in [3.63, 3.8) is 0 Å². The fourth-order valence-electron chi connectivity index (χ4n) is 1.81. The van der Waals surface area contributed by atoms with Crippen molar-refractivity contribution in [1.29, 1.82) is 0 Å². The van der Waals surface area contributed by atoms with E-state index in [1.165, 1.54) is 5.56 Å². The normalized spacial score (nSPS) is 14.6. The maximum Gasteiger partial charge on any atom is 0.137 e. The van der Waals surface area contributed by atoms with Crippen molar-refractivity contribution in [2.24, 2.45) is 0 Å². The van der Waals surface area contributed by atoms with Crippen LogP contribution in [0.4, 0.5) is 0 Å². The second-order valence-corrected chi connectivity index (χ2v) is 4.64. The number of aromatic nitrogens is 5. The molecule has 6 nitrogen and oxygen atoms in total. The monoisotopic (exact) mass is 248 g/mol. The predicted molar refractivity (Wildman–Crippen MR) is 69.2 cm³/mol. The van der Waals surface area contributed by atoms with Crippen molar-refractivity contribution < 1.29 is 0 Å². The van der Waals surface area contributed by atoms with Crippen LogP contribution in [-0.4, -0.2) is 37.1 Å². The molecule has 1 N–H and O–H groups in total. The van der Waals surface area contributed by atoms with E-state index < -0.39 is 0 Å². The number of rotatable bonds is 6. The van der Waals surface area contributed by atoms with E-state index >= 15 is 0 Å². The van der Waals surface area contributed by atoms with Crippen molar-refractivity contribution in [2.75, 3.05) is 6.54 Å². The summed E-state index contributed by atoms with van der Waals surface area (Å²) in [6.45, 7) is 8.09. The molecule has 0 aliphatic rings. The lowest BCUT2D eigenvalue weighted by Crippen LogP contribution is -2.36. The molecule has 2 aromatic heterocycles. The summed E-state index contributed by atoms with van der Waals surface area (Å²) in [4.78, 5) is 3.92. The average Bonchev–Trinajstić information content (AvgIpc) is 2.99. The topological polar surface area (TPSA) is 60.6 Å². The van der Waals surface area contributed by atoms with Crippen LogP contribution in [0.3, 0.4) is 0 Å². The molecule has 0 aliphatic heterocycles. The summed E-state index contributed by atoms with van der Waals surface area (Å²) >= 11 is 0. The Morgan fingerprint density at radius 2 is 2.17 bits per heavy atom. The highest BCUT2D eigenvalue weighted by molar-refractivity contribution is 5.00. The molecule has 0 unspecified atom stereocenters. The summed E-state index contributed by atoms with van der Waals surface area (Å²) in [5, 5.41) is 11.9. The fraction of sp³-hybridized carbons (Fsp3) is 0.583. The first-order valence-corrected chi connectivity index (χ1v) is 6.23. The highest BCUT2D eigenvalue weighted by Crippen LogP contribution is 2.10. The molecular formula is C12H20N6. The molecule has 6 heteroatoms. The van der Waals surface area contributed by atoms with Gasteiger partial charge in [-0.05, 0) is 26.3 Å². The number of nitrogens with zero attached hydrogens (tertiary/aromatic N) is 5. The Labute approximate surface area is 107 Å². The minimum Gasteiger partial charge on any atom is -0.310 e. The summed E-state index contributed by atoms with van der Waals surface area (Å²) in [5.41, 5.74) is 1.19. The largest absolute Gasteiger partial charge is 0.310 e. The molecule has 0 radical (unpaired) electrons. The van der Waals surface area contributed by atoms with E-state index in [0.717, 1.165) is 13.1 Å².